The van der Waals surface area contributed by atoms with Gasteiger partial charge in [-0.2, -0.15) is 0 Å². The van der Waals surface area contributed by atoms with Crippen LogP contribution in [-0.4, -0.2) is 24.8 Å². The minimum Gasteiger partial charge on any atom is -0.465 e. The number of methoxy groups -OCH3 is 1. The molecule has 0 bridgehead atoms. The molecular formula is C13H16ClNO4. The van der Waals surface area contributed by atoms with Crippen molar-refractivity contribution in [3.05, 3.63) is 28.8 Å². The number of anilines is 1. The number of nitrogens with one attached hydrogen (secondary N) is 1. The molecule has 0 aliphatic carbocycles. The van der Waals surface area contributed by atoms with E-state index in [9.17, 15) is 9.59 Å². The first kappa shape index (κ1) is 15.3. The first-order chi connectivity index (χ1) is 8.73. The highest BCUT2D eigenvalue weighted by Gasteiger charge is 2.17. The average molecular weight is 286 g/mol. The van der Waals surface area contributed by atoms with E-state index in [-0.39, 0.29) is 10.6 Å². The molecule has 104 valence electrons. The monoisotopic (exact) mass is 285 g/mol. The van der Waals surface area contributed by atoms with Crippen molar-refractivity contribution in [3.8, 4) is 0 Å². The fourth-order valence-electron chi connectivity index (χ4n) is 1.29. The van der Waals surface area contributed by atoms with Gasteiger partial charge in [0.05, 0.1) is 17.7 Å². The second-order valence-corrected chi connectivity index (χ2v) is 5.22. The molecule has 0 spiro atoms. The van der Waals surface area contributed by atoms with Gasteiger partial charge < -0.3 is 9.47 Å². The predicted molar refractivity (Wildman–Crippen MR) is 72.6 cm³/mol. The van der Waals surface area contributed by atoms with E-state index in [4.69, 9.17) is 16.3 Å². The highest BCUT2D eigenvalue weighted by molar-refractivity contribution is 6.33. The van der Waals surface area contributed by atoms with Gasteiger partial charge in [0.2, 0.25) is 0 Å². The highest BCUT2D eigenvalue weighted by Crippen LogP contribution is 2.22. The van der Waals surface area contributed by atoms with Crippen LogP contribution in [0.3, 0.4) is 0 Å². The van der Waals surface area contributed by atoms with Gasteiger partial charge in [0.25, 0.3) is 0 Å². The summed E-state index contributed by atoms with van der Waals surface area (Å²) in [7, 11) is 1.27. The number of amides is 1. The summed E-state index contributed by atoms with van der Waals surface area (Å²) < 4.78 is 9.66. The van der Waals surface area contributed by atoms with Crippen molar-refractivity contribution in [3.63, 3.8) is 0 Å². The summed E-state index contributed by atoms with van der Waals surface area (Å²) >= 11 is 5.93. The number of carbonyl (C=O) groups is 2. The summed E-state index contributed by atoms with van der Waals surface area (Å²) in [6, 6.07) is 4.47. The molecular weight excluding hydrogens is 270 g/mol. The Morgan fingerprint density at radius 2 is 1.89 bits per heavy atom. The maximum Gasteiger partial charge on any atom is 0.412 e. The lowest BCUT2D eigenvalue weighted by Crippen LogP contribution is -2.27. The quantitative estimate of drug-likeness (QED) is 0.845. The average Bonchev–Trinajstić information content (AvgIpc) is 2.25. The molecule has 1 N–H and O–H groups in total. The third-order valence-corrected chi connectivity index (χ3v) is 2.33. The third kappa shape index (κ3) is 4.79. The van der Waals surface area contributed by atoms with E-state index in [0.717, 1.165) is 0 Å². The fourth-order valence-corrected chi connectivity index (χ4v) is 1.55. The predicted octanol–water partition coefficient (Wildman–Crippen LogP) is 3.47. The molecule has 0 heterocycles. The fraction of sp³-hybridized carbons (Fsp3) is 0.385. The standard InChI is InChI=1S/C13H16ClNO4/c1-13(2,3)19-12(17)15-8-5-6-9(10(14)7-8)11(16)18-4/h5-7H,1-4H3,(H,15,17). The van der Waals surface area contributed by atoms with Gasteiger partial charge in [-0.25, -0.2) is 9.59 Å². The highest BCUT2D eigenvalue weighted by atomic mass is 35.5. The molecule has 0 saturated heterocycles. The Kier molecular flexibility index (Phi) is 4.78. The third-order valence-electron chi connectivity index (χ3n) is 2.02. The SMILES string of the molecule is COC(=O)c1ccc(NC(=O)OC(C)(C)C)cc1Cl. The Bertz CT molecular complexity index is 494. The summed E-state index contributed by atoms with van der Waals surface area (Å²) in [5.41, 5.74) is 0.0885. The Morgan fingerprint density at radius 3 is 2.37 bits per heavy atom. The number of hydrogen-bond acceptors (Lipinski definition) is 4. The van der Waals surface area contributed by atoms with Crippen molar-refractivity contribution >= 4 is 29.4 Å². The summed E-state index contributed by atoms with van der Waals surface area (Å²) in [6.07, 6.45) is -0.589. The van der Waals surface area contributed by atoms with Crippen LogP contribution in [0.2, 0.25) is 5.02 Å². The van der Waals surface area contributed by atoms with E-state index in [1.165, 1.54) is 19.2 Å². The molecule has 0 aliphatic heterocycles. The first-order valence-corrected chi connectivity index (χ1v) is 5.98. The molecule has 0 atom stereocenters. The van der Waals surface area contributed by atoms with Crippen molar-refractivity contribution in [2.75, 3.05) is 12.4 Å². The second-order valence-electron chi connectivity index (χ2n) is 4.81. The summed E-state index contributed by atoms with van der Waals surface area (Å²) in [5, 5.41) is 2.72. The maximum atomic E-state index is 11.5. The molecule has 0 radical (unpaired) electrons. The lowest BCUT2D eigenvalue weighted by atomic mass is 10.2. The van der Waals surface area contributed by atoms with Gasteiger partial charge >= 0.3 is 12.1 Å². The maximum absolute atomic E-state index is 11.5. The van der Waals surface area contributed by atoms with Crippen LogP contribution in [0, 0.1) is 0 Å². The van der Waals surface area contributed by atoms with Gasteiger partial charge in [-0.05, 0) is 39.0 Å². The summed E-state index contributed by atoms with van der Waals surface area (Å²) in [6.45, 7) is 5.29. The smallest absolute Gasteiger partial charge is 0.412 e. The van der Waals surface area contributed by atoms with Crippen molar-refractivity contribution in [2.24, 2.45) is 0 Å². The van der Waals surface area contributed by atoms with E-state index in [1.807, 2.05) is 0 Å². The minimum atomic E-state index is -0.589. The topological polar surface area (TPSA) is 64.6 Å². The molecule has 0 unspecified atom stereocenters. The lowest BCUT2D eigenvalue weighted by molar-refractivity contribution is 0.0599. The lowest BCUT2D eigenvalue weighted by Gasteiger charge is -2.19. The zero-order valence-electron chi connectivity index (χ0n) is 11.2. The van der Waals surface area contributed by atoms with Crippen LogP contribution in [0.25, 0.3) is 0 Å². The number of halogens is 1. The minimum absolute atomic E-state index is 0.195. The van der Waals surface area contributed by atoms with Gasteiger partial charge in [0, 0.05) is 5.69 Å². The normalized spacial score (nSPS) is 10.8. The van der Waals surface area contributed by atoms with Crippen LogP contribution in [0.4, 0.5) is 10.5 Å². The second kappa shape index (κ2) is 5.93. The van der Waals surface area contributed by atoms with Crippen LogP contribution in [0.5, 0.6) is 0 Å². The Balaban J connectivity index is 2.79. The number of esters is 1. The molecule has 0 saturated carbocycles. The number of rotatable bonds is 2. The van der Waals surface area contributed by atoms with Crippen LogP contribution in [0.1, 0.15) is 31.1 Å². The molecule has 6 heteroatoms. The molecule has 0 aromatic heterocycles. The number of carbonyl (C=O) groups excluding carboxylic acids is 2. The largest absolute Gasteiger partial charge is 0.465 e. The number of hydrogen-bond donors (Lipinski definition) is 1. The Morgan fingerprint density at radius 1 is 1.26 bits per heavy atom. The van der Waals surface area contributed by atoms with E-state index in [1.54, 1.807) is 26.8 Å². The van der Waals surface area contributed by atoms with Crippen LogP contribution in [-0.2, 0) is 9.47 Å². The zero-order chi connectivity index (χ0) is 14.6. The molecule has 1 rings (SSSR count). The van der Waals surface area contributed by atoms with E-state index in [0.29, 0.717) is 5.69 Å². The molecule has 1 aromatic carbocycles. The molecule has 0 aliphatic rings. The molecule has 5 nitrogen and oxygen atoms in total. The summed E-state index contributed by atoms with van der Waals surface area (Å²) in [4.78, 5) is 22.9. The Hall–Kier alpha value is -1.75. The molecule has 1 aromatic rings. The van der Waals surface area contributed by atoms with Crippen LogP contribution in [0.15, 0.2) is 18.2 Å². The Labute approximate surface area is 116 Å². The zero-order valence-corrected chi connectivity index (χ0v) is 12.0. The van der Waals surface area contributed by atoms with Gasteiger partial charge in [0.15, 0.2) is 0 Å². The van der Waals surface area contributed by atoms with Crippen molar-refractivity contribution in [1.82, 2.24) is 0 Å². The van der Waals surface area contributed by atoms with Gasteiger partial charge in [-0.1, -0.05) is 11.6 Å². The first-order valence-electron chi connectivity index (χ1n) is 5.61. The van der Waals surface area contributed by atoms with Crippen LogP contribution < -0.4 is 5.32 Å². The van der Waals surface area contributed by atoms with Crippen LogP contribution >= 0.6 is 11.6 Å². The summed E-state index contributed by atoms with van der Waals surface area (Å²) in [5.74, 6) is -0.534. The molecule has 1 amide bonds. The van der Waals surface area contributed by atoms with E-state index >= 15 is 0 Å². The van der Waals surface area contributed by atoms with Gasteiger partial charge in [-0.3, -0.25) is 5.32 Å². The van der Waals surface area contributed by atoms with Crippen molar-refractivity contribution in [2.45, 2.75) is 26.4 Å². The molecule has 0 fully saturated rings. The molecule has 19 heavy (non-hydrogen) atoms. The number of benzene rings is 1. The van der Waals surface area contributed by atoms with Crippen molar-refractivity contribution < 1.29 is 19.1 Å². The van der Waals surface area contributed by atoms with Gasteiger partial charge in [0.1, 0.15) is 5.60 Å². The van der Waals surface area contributed by atoms with Crippen molar-refractivity contribution in [1.29, 1.82) is 0 Å². The van der Waals surface area contributed by atoms with E-state index < -0.39 is 17.7 Å². The number of ether oxygens (including phenoxy) is 2. The van der Waals surface area contributed by atoms with E-state index in [2.05, 4.69) is 10.1 Å². The van der Waals surface area contributed by atoms with Gasteiger partial charge in [-0.15, -0.1) is 0 Å².